The Morgan fingerprint density at radius 2 is 0.927 bits per heavy atom. The van der Waals surface area contributed by atoms with Crippen LogP contribution in [0.15, 0.2) is 152 Å². The van der Waals surface area contributed by atoms with Crippen LogP contribution in [0.4, 0.5) is 0 Å². The number of aromatic nitrogens is 2. The molecule has 0 aliphatic rings. The summed E-state index contributed by atoms with van der Waals surface area (Å²) in [6.45, 7) is 0. The van der Waals surface area contributed by atoms with Crippen molar-refractivity contribution < 1.29 is 20.1 Å². The maximum absolute atomic E-state index is 4.58. The molecular weight excluding hydrogens is 677 g/mol. The topological polar surface area (TPSA) is 25.8 Å². The Morgan fingerprint density at radius 3 is 1.54 bits per heavy atom. The van der Waals surface area contributed by atoms with Gasteiger partial charge in [0.15, 0.2) is 0 Å². The van der Waals surface area contributed by atoms with Gasteiger partial charge in [0.1, 0.15) is 0 Å². The molecule has 0 saturated carbocycles. The number of nitrogens with zero attached hydrogens (tertiary/aromatic N) is 2. The zero-order valence-corrected chi connectivity index (χ0v) is 24.6. The maximum Gasteiger partial charge on any atom is 0.0780 e. The van der Waals surface area contributed by atoms with Gasteiger partial charge >= 0.3 is 0 Å². The second-order valence-electron chi connectivity index (χ2n) is 9.73. The second-order valence-corrected chi connectivity index (χ2v) is 9.73. The van der Waals surface area contributed by atoms with Crippen LogP contribution < -0.4 is 0 Å². The van der Waals surface area contributed by atoms with Crippen LogP contribution in [0, 0.1) is 6.07 Å². The Bertz CT molecular complexity index is 1950. The molecule has 0 aliphatic heterocycles. The Labute approximate surface area is 252 Å². The molecule has 8 aromatic rings. The van der Waals surface area contributed by atoms with Gasteiger partial charge < -0.3 is 4.98 Å². The SMILES string of the molecule is [Ir].[c-]1ccccc1-c1nccc2c1ccc1ccccc12.c1ccc(-c2nccc3c2ccc2ccccc23)cc1. The van der Waals surface area contributed by atoms with Gasteiger partial charge in [0.25, 0.3) is 0 Å². The summed E-state index contributed by atoms with van der Waals surface area (Å²) < 4.78 is 0. The first-order valence-electron chi connectivity index (χ1n) is 13.4. The van der Waals surface area contributed by atoms with Gasteiger partial charge in [0, 0.05) is 43.4 Å². The molecule has 0 unspecified atom stereocenters. The number of rotatable bonds is 2. The van der Waals surface area contributed by atoms with Crippen LogP contribution in [-0.2, 0) is 20.1 Å². The average Bonchev–Trinajstić information content (AvgIpc) is 3.05. The van der Waals surface area contributed by atoms with Crippen LogP contribution in [0.5, 0.6) is 0 Å². The van der Waals surface area contributed by atoms with Crippen LogP contribution in [-0.4, -0.2) is 9.97 Å². The van der Waals surface area contributed by atoms with Crippen molar-refractivity contribution in [1.29, 1.82) is 0 Å². The molecule has 0 aliphatic carbocycles. The van der Waals surface area contributed by atoms with Crippen molar-refractivity contribution in [3.05, 3.63) is 158 Å². The molecule has 2 aromatic heterocycles. The van der Waals surface area contributed by atoms with Crippen molar-refractivity contribution in [2.45, 2.75) is 0 Å². The van der Waals surface area contributed by atoms with Gasteiger partial charge in [-0.1, -0.05) is 103 Å². The molecule has 6 aromatic carbocycles. The minimum Gasteiger partial charge on any atom is -0.304 e. The third-order valence-electron chi connectivity index (χ3n) is 7.35. The Hall–Kier alpha value is -4.69. The van der Waals surface area contributed by atoms with E-state index in [4.69, 9.17) is 0 Å². The summed E-state index contributed by atoms with van der Waals surface area (Å²) in [7, 11) is 0. The van der Waals surface area contributed by atoms with Gasteiger partial charge in [-0.25, -0.2) is 0 Å². The van der Waals surface area contributed by atoms with Crippen LogP contribution in [0.1, 0.15) is 0 Å². The zero-order valence-electron chi connectivity index (χ0n) is 22.2. The average molecular weight is 702 g/mol. The fraction of sp³-hybridized carbons (Fsp3) is 0. The van der Waals surface area contributed by atoms with Crippen LogP contribution in [0.2, 0.25) is 0 Å². The minimum atomic E-state index is 0. The molecule has 2 heterocycles. The Morgan fingerprint density at radius 1 is 0.390 bits per heavy atom. The smallest absolute Gasteiger partial charge is 0.0780 e. The molecule has 1 radical (unpaired) electrons. The van der Waals surface area contributed by atoms with E-state index in [1.807, 2.05) is 36.7 Å². The summed E-state index contributed by atoms with van der Waals surface area (Å²) in [6.07, 6.45) is 3.78. The van der Waals surface area contributed by atoms with Crippen molar-refractivity contribution in [2.24, 2.45) is 0 Å². The van der Waals surface area contributed by atoms with Gasteiger partial charge in [-0.05, 0) is 55.5 Å². The van der Waals surface area contributed by atoms with Crippen LogP contribution in [0.25, 0.3) is 65.6 Å². The molecule has 8 rings (SSSR count). The standard InChI is InChI=1S/C19H13N.C19H12N.Ir/c2*1-2-7-15(8-3-1)19-18-11-10-14-6-4-5-9-16(14)17(18)12-13-20-19;/h1-13H;1-7,9-13H;/q;-1;. The summed E-state index contributed by atoms with van der Waals surface area (Å²) in [6, 6.07) is 51.4. The third-order valence-corrected chi connectivity index (χ3v) is 7.35. The zero-order chi connectivity index (χ0) is 26.7. The molecule has 0 atom stereocenters. The van der Waals surface area contributed by atoms with Gasteiger partial charge in [-0.3, -0.25) is 4.98 Å². The molecule has 41 heavy (non-hydrogen) atoms. The predicted octanol–water partition coefficient (Wildman–Crippen LogP) is 9.91. The molecule has 0 fully saturated rings. The number of hydrogen-bond acceptors (Lipinski definition) is 2. The Kier molecular flexibility index (Phi) is 7.65. The minimum absolute atomic E-state index is 0. The van der Waals surface area contributed by atoms with Gasteiger partial charge in [-0.15, -0.1) is 35.9 Å². The van der Waals surface area contributed by atoms with Gasteiger partial charge in [0.2, 0.25) is 0 Å². The van der Waals surface area contributed by atoms with Crippen LogP contribution in [0.3, 0.4) is 0 Å². The number of pyridine rings is 2. The van der Waals surface area contributed by atoms with E-state index in [1.54, 1.807) is 0 Å². The fourth-order valence-electron chi connectivity index (χ4n) is 5.46. The molecule has 2 nitrogen and oxygen atoms in total. The summed E-state index contributed by atoms with van der Waals surface area (Å²) in [5.74, 6) is 0. The van der Waals surface area contributed by atoms with E-state index in [1.165, 1.54) is 43.1 Å². The summed E-state index contributed by atoms with van der Waals surface area (Å²) in [4.78, 5) is 9.14. The van der Waals surface area contributed by atoms with E-state index in [0.717, 1.165) is 22.5 Å². The van der Waals surface area contributed by atoms with Crippen molar-refractivity contribution in [1.82, 2.24) is 9.97 Å². The first-order chi connectivity index (χ1) is 19.9. The predicted molar refractivity (Wildman–Crippen MR) is 168 cm³/mol. The van der Waals surface area contributed by atoms with Crippen molar-refractivity contribution >= 4 is 43.1 Å². The van der Waals surface area contributed by atoms with Gasteiger partial charge in [0.05, 0.1) is 5.69 Å². The van der Waals surface area contributed by atoms with E-state index < -0.39 is 0 Å². The largest absolute Gasteiger partial charge is 0.304 e. The molecule has 0 spiro atoms. The first kappa shape index (κ1) is 26.5. The van der Waals surface area contributed by atoms with E-state index in [-0.39, 0.29) is 20.1 Å². The quantitative estimate of drug-likeness (QED) is 0.133. The summed E-state index contributed by atoms with van der Waals surface area (Å²) in [5, 5.41) is 9.96. The van der Waals surface area contributed by atoms with E-state index in [0.29, 0.717) is 0 Å². The van der Waals surface area contributed by atoms with Crippen molar-refractivity contribution in [3.63, 3.8) is 0 Å². The maximum atomic E-state index is 4.58. The van der Waals surface area contributed by atoms with E-state index >= 15 is 0 Å². The second kappa shape index (κ2) is 11.8. The molecule has 3 heteroatoms. The summed E-state index contributed by atoms with van der Waals surface area (Å²) >= 11 is 0. The molecular formula is C38H25IrN2-. The molecule has 0 saturated heterocycles. The monoisotopic (exact) mass is 702 g/mol. The van der Waals surface area contributed by atoms with E-state index in [2.05, 4.69) is 131 Å². The molecule has 0 amide bonds. The van der Waals surface area contributed by atoms with Crippen LogP contribution >= 0.6 is 0 Å². The number of hydrogen-bond donors (Lipinski definition) is 0. The molecule has 197 valence electrons. The molecule has 0 bridgehead atoms. The third kappa shape index (κ3) is 5.14. The Balaban J connectivity index is 0.000000144. The van der Waals surface area contributed by atoms with Crippen molar-refractivity contribution in [2.75, 3.05) is 0 Å². The van der Waals surface area contributed by atoms with Crippen molar-refractivity contribution in [3.8, 4) is 22.5 Å². The fourth-order valence-corrected chi connectivity index (χ4v) is 5.46. The normalized spacial score (nSPS) is 10.7. The van der Waals surface area contributed by atoms with E-state index in [9.17, 15) is 0 Å². The van der Waals surface area contributed by atoms with Gasteiger partial charge in [-0.2, -0.15) is 0 Å². The number of fused-ring (bicyclic) bond motifs is 6. The first-order valence-corrected chi connectivity index (χ1v) is 13.4. The number of benzene rings is 6. The summed E-state index contributed by atoms with van der Waals surface area (Å²) in [5.41, 5.74) is 4.24. The molecule has 0 N–H and O–H groups in total.